The first-order valence-electron chi connectivity index (χ1n) is 14.8. The highest BCUT2D eigenvalue weighted by Crippen LogP contribution is 2.38. The van der Waals surface area contributed by atoms with Gasteiger partial charge in [0.1, 0.15) is 18.7 Å². The minimum atomic E-state index is -1.25. The number of fused-ring (bicyclic) bond motifs is 3. The van der Waals surface area contributed by atoms with Gasteiger partial charge in [-0.05, 0) is 64.1 Å². The minimum absolute atomic E-state index is 0.0164. The number of hydrogen-bond donors (Lipinski definition) is 3. The quantitative estimate of drug-likeness (QED) is 0.158. The molecule has 0 unspecified atom stereocenters. The number of nitrogens with one attached hydrogen (secondary N) is 2. The van der Waals surface area contributed by atoms with Crippen LogP contribution in [0.2, 0.25) is 10.0 Å². The van der Waals surface area contributed by atoms with Gasteiger partial charge in [-0.2, -0.15) is 0 Å². The zero-order valence-corrected chi connectivity index (χ0v) is 27.2. The Balaban J connectivity index is 1.05. The molecule has 1 fully saturated rings. The summed E-state index contributed by atoms with van der Waals surface area (Å²) < 4.78 is 5.68. The van der Waals surface area contributed by atoms with E-state index in [1.165, 1.54) is 27.8 Å². The third-order valence-electron chi connectivity index (χ3n) is 8.17. The number of nitrogens with zero attached hydrogens (tertiary/aromatic N) is 1. The molecule has 240 valence electrons. The van der Waals surface area contributed by atoms with Crippen molar-refractivity contribution in [2.75, 3.05) is 16.9 Å². The Bertz CT molecular complexity index is 1850. The molecule has 1 aliphatic carbocycles. The molecular weight excluding hydrogens is 661 g/mol. The number of amides is 3. The van der Waals surface area contributed by atoms with Crippen LogP contribution in [0.15, 0.2) is 84.9 Å². The third-order valence-corrected chi connectivity index (χ3v) is 9.82. The summed E-state index contributed by atoms with van der Waals surface area (Å²) in [5.74, 6) is -1.72. The fourth-order valence-electron chi connectivity index (χ4n) is 5.76. The molecule has 3 amide bonds. The summed E-state index contributed by atoms with van der Waals surface area (Å²) in [4.78, 5) is 52.6. The molecule has 1 saturated heterocycles. The van der Waals surface area contributed by atoms with Gasteiger partial charge in [-0.15, -0.1) is 11.8 Å². The van der Waals surface area contributed by atoms with Crippen molar-refractivity contribution in [2.45, 2.75) is 31.5 Å². The summed E-state index contributed by atoms with van der Waals surface area (Å²) >= 11 is 13.6. The van der Waals surface area contributed by atoms with Crippen LogP contribution in [-0.2, 0) is 33.8 Å². The lowest BCUT2D eigenvalue weighted by molar-refractivity contribution is -0.142. The normalized spacial score (nSPS) is 15.4. The number of hydrogen-bond acceptors (Lipinski definition) is 6. The summed E-state index contributed by atoms with van der Waals surface area (Å²) in [5.41, 5.74) is 6.77. The second kappa shape index (κ2) is 14.1. The number of carbonyl (C=O) groups is 4. The SMILES string of the molecule is O=C(Nc1ccc(C[C@H](NC(=O)[C@H]2CSCN2C(=O)OCc2cccc3c2Cc2ccccc2-3)C(=O)O)cc1)c1c(Cl)cccc1Cl. The number of benzene rings is 4. The van der Waals surface area contributed by atoms with E-state index in [4.69, 9.17) is 27.9 Å². The van der Waals surface area contributed by atoms with Gasteiger partial charge in [-0.25, -0.2) is 9.59 Å². The lowest BCUT2D eigenvalue weighted by Crippen LogP contribution is -2.52. The van der Waals surface area contributed by atoms with E-state index in [0.717, 1.165) is 23.1 Å². The standard InChI is InChI=1S/C35H29Cl2N3O6S/c36-27-9-4-10-28(37)31(27)33(42)38-23-13-11-20(12-14-23)15-29(34(43)44)39-32(41)30-18-47-19-40(30)35(45)46-17-22-6-3-8-25-24-7-2-1-5-21(24)16-26(22)25/h1-14,29-30H,15-19H2,(H,38,42)(H,39,41)(H,43,44)/t29-,30+/m0/s1. The van der Waals surface area contributed by atoms with Gasteiger partial charge in [0.25, 0.3) is 5.91 Å². The number of thioether (sulfide) groups is 1. The maximum Gasteiger partial charge on any atom is 0.411 e. The smallest absolute Gasteiger partial charge is 0.411 e. The highest BCUT2D eigenvalue weighted by Gasteiger charge is 2.37. The topological polar surface area (TPSA) is 125 Å². The van der Waals surface area contributed by atoms with Crippen molar-refractivity contribution in [3.63, 3.8) is 0 Å². The molecule has 4 aromatic carbocycles. The first kappa shape index (κ1) is 32.4. The predicted octanol–water partition coefficient (Wildman–Crippen LogP) is 6.64. The Morgan fingerprint density at radius 1 is 0.915 bits per heavy atom. The minimum Gasteiger partial charge on any atom is -0.480 e. The first-order valence-corrected chi connectivity index (χ1v) is 16.7. The van der Waals surface area contributed by atoms with Crippen molar-refractivity contribution in [1.29, 1.82) is 0 Å². The fourth-order valence-corrected chi connectivity index (χ4v) is 7.47. The van der Waals surface area contributed by atoms with E-state index in [9.17, 15) is 24.3 Å². The zero-order valence-electron chi connectivity index (χ0n) is 24.9. The molecule has 2 aliphatic rings. The highest BCUT2D eigenvalue weighted by molar-refractivity contribution is 7.99. The van der Waals surface area contributed by atoms with Crippen LogP contribution in [0.25, 0.3) is 11.1 Å². The van der Waals surface area contributed by atoms with Crippen LogP contribution in [0.3, 0.4) is 0 Å². The monoisotopic (exact) mass is 689 g/mol. The Hall–Kier alpha value is -4.51. The van der Waals surface area contributed by atoms with E-state index in [1.807, 2.05) is 24.3 Å². The molecule has 0 saturated carbocycles. The summed E-state index contributed by atoms with van der Waals surface area (Å²) in [6.07, 6.45) is 0.109. The fraction of sp³-hybridized carbons (Fsp3) is 0.200. The first-order chi connectivity index (χ1) is 22.7. The largest absolute Gasteiger partial charge is 0.480 e. The lowest BCUT2D eigenvalue weighted by atomic mass is 10.0. The maximum atomic E-state index is 13.3. The van der Waals surface area contributed by atoms with Gasteiger partial charge in [0.2, 0.25) is 5.91 Å². The number of aliphatic carboxylic acids is 1. The second-order valence-electron chi connectivity index (χ2n) is 11.2. The second-order valence-corrected chi connectivity index (χ2v) is 13.0. The maximum absolute atomic E-state index is 13.3. The van der Waals surface area contributed by atoms with Gasteiger partial charge in [-0.1, -0.05) is 83.9 Å². The Morgan fingerprint density at radius 3 is 2.36 bits per heavy atom. The van der Waals surface area contributed by atoms with Gasteiger partial charge in [0.05, 0.1) is 21.5 Å². The van der Waals surface area contributed by atoms with Crippen molar-refractivity contribution in [2.24, 2.45) is 0 Å². The van der Waals surface area contributed by atoms with Crippen LogP contribution in [0.1, 0.15) is 32.6 Å². The van der Waals surface area contributed by atoms with Gasteiger partial charge >= 0.3 is 12.1 Å². The van der Waals surface area contributed by atoms with Gasteiger partial charge in [-0.3, -0.25) is 14.5 Å². The van der Waals surface area contributed by atoms with Crippen molar-refractivity contribution in [1.82, 2.24) is 10.2 Å². The molecule has 1 aliphatic heterocycles. The van der Waals surface area contributed by atoms with Gasteiger partial charge in [0.15, 0.2) is 0 Å². The van der Waals surface area contributed by atoms with Gasteiger partial charge < -0.3 is 20.5 Å². The number of halogens is 2. The molecule has 1 heterocycles. The molecule has 0 spiro atoms. The molecule has 0 bridgehead atoms. The molecule has 3 N–H and O–H groups in total. The van der Waals surface area contributed by atoms with Crippen LogP contribution < -0.4 is 10.6 Å². The van der Waals surface area contributed by atoms with E-state index in [-0.39, 0.29) is 34.5 Å². The molecule has 12 heteroatoms. The number of anilines is 1. The van der Waals surface area contributed by atoms with E-state index >= 15 is 0 Å². The van der Waals surface area contributed by atoms with Crippen LogP contribution in [0.5, 0.6) is 0 Å². The van der Waals surface area contributed by atoms with Crippen molar-refractivity contribution < 1.29 is 29.0 Å². The third kappa shape index (κ3) is 7.10. The van der Waals surface area contributed by atoms with Crippen LogP contribution in [-0.4, -0.2) is 57.6 Å². The summed E-state index contributed by atoms with van der Waals surface area (Å²) in [6.45, 7) is 0.0606. The van der Waals surface area contributed by atoms with Crippen LogP contribution in [0, 0.1) is 0 Å². The molecule has 0 aromatic heterocycles. The molecule has 47 heavy (non-hydrogen) atoms. The van der Waals surface area contributed by atoms with Crippen molar-refractivity contribution >= 4 is 64.5 Å². The van der Waals surface area contributed by atoms with Crippen LogP contribution >= 0.6 is 35.0 Å². The molecule has 0 radical (unpaired) electrons. The zero-order chi connectivity index (χ0) is 33.1. The predicted molar refractivity (Wildman–Crippen MR) is 182 cm³/mol. The van der Waals surface area contributed by atoms with E-state index in [1.54, 1.807) is 42.5 Å². The molecule has 6 rings (SSSR count). The van der Waals surface area contributed by atoms with Gasteiger partial charge in [0, 0.05) is 17.9 Å². The molecule has 4 aromatic rings. The highest BCUT2D eigenvalue weighted by atomic mass is 35.5. The Kier molecular flexibility index (Phi) is 9.72. The average Bonchev–Trinajstić information content (AvgIpc) is 3.70. The number of carboxylic acid groups (broad SMARTS) is 1. The number of rotatable bonds is 9. The average molecular weight is 691 g/mol. The summed E-state index contributed by atoms with van der Waals surface area (Å²) in [5, 5.41) is 15.6. The summed E-state index contributed by atoms with van der Waals surface area (Å²) in [6, 6.07) is 23.3. The number of carbonyl (C=O) groups excluding carboxylic acids is 3. The summed E-state index contributed by atoms with van der Waals surface area (Å²) in [7, 11) is 0. The Morgan fingerprint density at radius 2 is 1.62 bits per heavy atom. The molecule has 2 atom stereocenters. The van der Waals surface area contributed by atoms with E-state index in [0.29, 0.717) is 17.0 Å². The number of ether oxygens (including phenoxy) is 1. The lowest BCUT2D eigenvalue weighted by Gasteiger charge is -2.24. The van der Waals surface area contributed by atoms with Crippen molar-refractivity contribution in [3.05, 3.63) is 123 Å². The number of carboxylic acids is 1. The van der Waals surface area contributed by atoms with E-state index in [2.05, 4.69) is 28.8 Å². The van der Waals surface area contributed by atoms with E-state index < -0.39 is 36.0 Å². The van der Waals surface area contributed by atoms with Crippen molar-refractivity contribution in [3.8, 4) is 11.1 Å². The Labute approximate surface area is 285 Å². The van der Waals surface area contributed by atoms with Crippen LogP contribution in [0.4, 0.5) is 10.5 Å². The molecule has 9 nitrogen and oxygen atoms in total. The molecular formula is C35H29Cl2N3O6S.